The van der Waals surface area contributed by atoms with Gasteiger partial charge in [-0.3, -0.25) is 14.4 Å². The summed E-state index contributed by atoms with van der Waals surface area (Å²) < 4.78 is 71.9. The predicted octanol–water partition coefficient (Wildman–Crippen LogP) is 4.26. The van der Waals surface area contributed by atoms with E-state index in [9.17, 15) is 26.4 Å². The lowest BCUT2D eigenvalue weighted by molar-refractivity contribution is -0.140. The van der Waals surface area contributed by atoms with Crippen LogP contribution in [0.25, 0.3) is 11.5 Å². The SMILES string of the molecule is CC(C)N1CC(Oc2cnc(-c3cc(C(=O)Nc4cc(Cl)cc(NS(C)(=O)=O)c4)cn3CC(F)(F)F)nc2)C1. The number of sulfonamides is 1. The zero-order valence-electron chi connectivity index (χ0n) is 21.2. The molecule has 1 aromatic carbocycles. The maximum atomic E-state index is 13.3. The average molecular weight is 587 g/mol. The van der Waals surface area contributed by atoms with Gasteiger partial charge in [0.25, 0.3) is 5.91 Å². The highest BCUT2D eigenvalue weighted by Gasteiger charge is 2.31. The minimum Gasteiger partial charge on any atom is -0.485 e. The van der Waals surface area contributed by atoms with Gasteiger partial charge >= 0.3 is 6.18 Å². The number of carbonyl (C=O) groups excluding carboxylic acids is 1. The van der Waals surface area contributed by atoms with E-state index in [4.69, 9.17) is 16.3 Å². The summed E-state index contributed by atoms with van der Waals surface area (Å²) in [7, 11) is -3.61. The van der Waals surface area contributed by atoms with Crippen molar-refractivity contribution in [2.45, 2.75) is 38.7 Å². The molecule has 2 N–H and O–H groups in total. The molecule has 10 nitrogen and oxygen atoms in total. The first-order valence-corrected chi connectivity index (χ1v) is 14.0. The Kier molecular flexibility index (Phi) is 8.09. The standard InChI is InChI=1S/C24H26ClF3N6O4S/c1-14(2)33-11-20(12-33)38-19-8-29-22(30-9-19)21-4-15(10-34(21)13-24(26,27)28)23(35)31-17-5-16(25)6-18(7-17)32-39(3,36)37/h4-10,14,20,32H,11-13H2,1-3H3,(H,31,35). The first-order valence-electron chi connectivity index (χ1n) is 11.7. The number of amides is 1. The minimum absolute atomic E-state index is 0.0223. The lowest BCUT2D eigenvalue weighted by Gasteiger charge is -2.41. The van der Waals surface area contributed by atoms with E-state index >= 15 is 0 Å². The van der Waals surface area contributed by atoms with Gasteiger partial charge in [-0.25, -0.2) is 18.4 Å². The molecule has 3 aromatic rings. The van der Waals surface area contributed by atoms with E-state index in [1.807, 2.05) is 0 Å². The highest BCUT2D eigenvalue weighted by atomic mass is 35.5. The summed E-state index contributed by atoms with van der Waals surface area (Å²) in [5.74, 6) is -0.381. The largest absolute Gasteiger partial charge is 0.485 e. The molecule has 0 radical (unpaired) electrons. The monoisotopic (exact) mass is 586 g/mol. The van der Waals surface area contributed by atoms with Gasteiger partial charge in [-0.15, -0.1) is 0 Å². The number of hydrogen-bond donors (Lipinski definition) is 2. The number of nitrogens with one attached hydrogen (secondary N) is 2. The molecule has 0 spiro atoms. The molecule has 210 valence electrons. The molecule has 0 atom stereocenters. The normalized spacial score (nSPS) is 14.8. The molecule has 2 aromatic heterocycles. The second-order valence-electron chi connectivity index (χ2n) is 9.44. The van der Waals surface area contributed by atoms with Crippen LogP contribution in [0.2, 0.25) is 5.02 Å². The van der Waals surface area contributed by atoms with Crippen molar-refractivity contribution >= 4 is 38.9 Å². The van der Waals surface area contributed by atoms with Crippen LogP contribution in [-0.2, 0) is 16.6 Å². The number of anilines is 2. The smallest absolute Gasteiger partial charge is 0.406 e. The molecule has 1 saturated heterocycles. The molecule has 0 aliphatic carbocycles. The Morgan fingerprint density at radius 1 is 1.15 bits per heavy atom. The quantitative estimate of drug-likeness (QED) is 0.385. The summed E-state index contributed by atoms with van der Waals surface area (Å²) in [4.78, 5) is 23.5. The van der Waals surface area contributed by atoms with Crippen molar-refractivity contribution in [3.8, 4) is 17.3 Å². The summed E-state index contributed by atoms with van der Waals surface area (Å²) in [6.07, 6.45) is 0.162. The van der Waals surface area contributed by atoms with Gasteiger partial charge in [0, 0.05) is 36.0 Å². The van der Waals surface area contributed by atoms with Gasteiger partial charge < -0.3 is 14.6 Å². The molecule has 39 heavy (non-hydrogen) atoms. The number of likely N-dealkylation sites (tertiary alicyclic amines) is 1. The molecule has 4 rings (SSSR count). The topological polar surface area (TPSA) is 118 Å². The van der Waals surface area contributed by atoms with E-state index < -0.39 is 28.7 Å². The number of carbonyl (C=O) groups is 1. The summed E-state index contributed by atoms with van der Waals surface area (Å²) >= 11 is 6.02. The van der Waals surface area contributed by atoms with Gasteiger partial charge in [0.2, 0.25) is 10.0 Å². The first kappa shape index (κ1) is 28.6. The summed E-state index contributed by atoms with van der Waals surface area (Å²) in [6.45, 7) is 4.31. The molecule has 1 fully saturated rings. The van der Waals surface area contributed by atoms with E-state index in [2.05, 4.69) is 38.8 Å². The van der Waals surface area contributed by atoms with Gasteiger partial charge in [0.05, 0.1) is 35.6 Å². The van der Waals surface area contributed by atoms with Crippen LogP contribution in [0.3, 0.4) is 0 Å². The number of nitrogens with zero attached hydrogens (tertiary/aromatic N) is 4. The van der Waals surface area contributed by atoms with Crippen molar-refractivity contribution in [1.29, 1.82) is 0 Å². The van der Waals surface area contributed by atoms with Crippen molar-refractivity contribution in [3.05, 3.63) is 53.4 Å². The highest BCUT2D eigenvalue weighted by Crippen LogP contribution is 2.28. The zero-order chi connectivity index (χ0) is 28.5. The lowest BCUT2D eigenvalue weighted by Crippen LogP contribution is -2.56. The maximum absolute atomic E-state index is 13.3. The number of benzene rings is 1. The van der Waals surface area contributed by atoms with Crippen LogP contribution < -0.4 is 14.8 Å². The molecule has 1 aliphatic rings. The molecule has 1 aliphatic heterocycles. The molecule has 15 heteroatoms. The fraction of sp³-hybridized carbons (Fsp3) is 0.375. The van der Waals surface area contributed by atoms with Crippen LogP contribution in [0.4, 0.5) is 24.5 Å². The Labute approximate surface area is 228 Å². The van der Waals surface area contributed by atoms with Crippen LogP contribution in [-0.4, -0.2) is 71.4 Å². The Balaban J connectivity index is 1.54. The van der Waals surface area contributed by atoms with Gasteiger partial charge in [-0.1, -0.05) is 11.6 Å². The third kappa shape index (κ3) is 7.83. The van der Waals surface area contributed by atoms with E-state index in [1.165, 1.54) is 36.7 Å². The van der Waals surface area contributed by atoms with Gasteiger partial charge in [-0.05, 0) is 38.1 Å². The van der Waals surface area contributed by atoms with Crippen LogP contribution in [0.15, 0.2) is 42.9 Å². The maximum Gasteiger partial charge on any atom is 0.406 e. The number of aromatic nitrogens is 3. The summed E-state index contributed by atoms with van der Waals surface area (Å²) in [6, 6.07) is 5.67. The molecule has 1 amide bonds. The number of rotatable bonds is 9. The number of alkyl halides is 3. The molecular formula is C24H26ClF3N6O4S. The third-order valence-electron chi connectivity index (χ3n) is 5.73. The molecule has 3 heterocycles. The first-order chi connectivity index (χ1) is 18.1. The number of halogens is 4. The summed E-state index contributed by atoms with van der Waals surface area (Å²) in [5, 5.41) is 2.65. The van der Waals surface area contributed by atoms with E-state index in [0.29, 0.717) is 11.8 Å². The van der Waals surface area contributed by atoms with Crippen molar-refractivity contribution in [2.75, 3.05) is 29.4 Å². The molecule has 0 unspecified atom stereocenters. The van der Waals surface area contributed by atoms with Crippen LogP contribution in [0.5, 0.6) is 5.75 Å². The highest BCUT2D eigenvalue weighted by molar-refractivity contribution is 7.92. The van der Waals surface area contributed by atoms with Crippen LogP contribution >= 0.6 is 11.6 Å². The molecule has 0 bridgehead atoms. The van der Waals surface area contributed by atoms with E-state index in [-0.39, 0.29) is 39.6 Å². The van der Waals surface area contributed by atoms with Gasteiger partial charge in [0.1, 0.15) is 12.6 Å². The number of hydrogen-bond acceptors (Lipinski definition) is 7. The van der Waals surface area contributed by atoms with Crippen molar-refractivity contribution in [2.24, 2.45) is 0 Å². The van der Waals surface area contributed by atoms with Crippen LogP contribution in [0.1, 0.15) is 24.2 Å². The second-order valence-corrected chi connectivity index (χ2v) is 11.6. The average Bonchev–Trinajstić information content (AvgIpc) is 3.16. The van der Waals surface area contributed by atoms with E-state index in [1.54, 1.807) is 0 Å². The fourth-order valence-corrected chi connectivity index (χ4v) is 4.73. The zero-order valence-corrected chi connectivity index (χ0v) is 22.7. The Hall–Kier alpha value is -3.36. The van der Waals surface area contributed by atoms with Crippen LogP contribution in [0, 0.1) is 0 Å². The third-order valence-corrected chi connectivity index (χ3v) is 6.56. The predicted molar refractivity (Wildman–Crippen MR) is 141 cm³/mol. The van der Waals surface area contributed by atoms with Crippen molar-refractivity contribution < 1.29 is 31.1 Å². The minimum atomic E-state index is -4.57. The van der Waals surface area contributed by atoms with Gasteiger partial charge in [0.15, 0.2) is 11.6 Å². The summed E-state index contributed by atoms with van der Waals surface area (Å²) in [5.41, 5.74) is 0.113. The second kappa shape index (κ2) is 11.0. The molecular weight excluding hydrogens is 561 g/mol. The lowest BCUT2D eigenvalue weighted by atomic mass is 10.1. The Bertz CT molecular complexity index is 1460. The van der Waals surface area contributed by atoms with Crippen molar-refractivity contribution in [3.63, 3.8) is 0 Å². The van der Waals surface area contributed by atoms with E-state index in [0.717, 1.165) is 30.1 Å². The number of ether oxygens (including phenoxy) is 1. The molecule has 0 saturated carbocycles. The van der Waals surface area contributed by atoms with Gasteiger partial charge in [-0.2, -0.15) is 13.2 Å². The van der Waals surface area contributed by atoms with Crippen molar-refractivity contribution in [1.82, 2.24) is 19.4 Å². The Morgan fingerprint density at radius 3 is 2.38 bits per heavy atom. The Morgan fingerprint density at radius 2 is 1.79 bits per heavy atom. The fourth-order valence-electron chi connectivity index (χ4n) is 3.95.